The maximum Gasteiger partial charge on any atom is 0.326 e. The zero-order valence-corrected chi connectivity index (χ0v) is 19.9. The van der Waals surface area contributed by atoms with E-state index in [9.17, 15) is 14.4 Å². The van der Waals surface area contributed by atoms with Gasteiger partial charge in [-0.25, -0.2) is 0 Å². The van der Waals surface area contributed by atoms with E-state index >= 15 is 0 Å². The number of nitrogens with zero attached hydrogens (tertiary/aromatic N) is 1. The van der Waals surface area contributed by atoms with Gasteiger partial charge in [0, 0.05) is 10.6 Å². The van der Waals surface area contributed by atoms with E-state index in [0.717, 1.165) is 35.1 Å². The van der Waals surface area contributed by atoms with Crippen molar-refractivity contribution in [2.75, 3.05) is 20.3 Å². The molecule has 9 heteroatoms. The molecule has 1 heterocycles. The van der Waals surface area contributed by atoms with Crippen LogP contribution in [0, 0.1) is 0 Å². The minimum Gasteiger partial charge on any atom is -0.493 e. The average molecular weight is 490 g/mol. The molecular weight excluding hydrogens is 466 g/mol. The Morgan fingerprint density at radius 3 is 2.67 bits per heavy atom. The van der Waals surface area contributed by atoms with Gasteiger partial charge in [0.05, 0.1) is 18.6 Å². The largest absolute Gasteiger partial charge is 0.493 e. The van der Waals surface area contributed by atoms with Crippen LogP contribution in [0.25, 0.3) is 6.08 Å². The molecule has 0 spiro atoms. The summed E-state index contributed by atoms with van der Waals surface area (Å²) in [5.74, 6) is -0.156. The molecule has 33 heavy (non-hydrogen) atoms. The molecule has 174 valence electrons. The third kappa shape index (κ3) is 6.52. The van der Waals surface area contributed by atoms with Gasteiger partial charge in [0.1, 0.15) is 13.2 Å². The van der Waals surface area contributed by atoms with Crippen LogP contribution in [-0.2, 0) is 20.9 Å². The number of thioether (sulfide) groups is 1. The number of carbonyl (C=O) groups excluding carboxylic acids is 3. The van der Waals surface area contributed by atoms with Crippen molar-refractivity contribution in [3.8, 4) is 11.5 Å². The molecule has 7 nitrogen and oxygen atoms in total. The maximum absolute atomic E-state index is 12.6. The molecule has 0 aliphatic carbocycles. The molecule has 0 aromatic heterocycles. The van der Waals surface area contributed by atoms with Crippen molar-refractivity contribution in [1.29, 1.82) is 0 Å². The second-order valence-corrected chi connectivity index (χ2v) is 8.53. The molecule has 0 bridgehead atoms. The standard InChI is InChI=1S/C24H24ClNO6S/c1-3-4-11-31-22(27)14-26-23(28)21(33-24(26)29)13-16-9-10-19(20(12-16)30-2)32-15-17-7-5-6-8-18(17)25/h5-10,12-13H,3-4,11,14-15H2,1-2H3/b21-13+. The van der Waals surface area contributed by atoms with Crippen LogP contribution in [0.2, 0.25) is 5.02 Å². The highest BCUT2D eigenvalue weighted by Gasteiger charge is 2.36. The van der Waals surface area contributed by atoms with Crippen LogP contribution in [0.5, 0.6) is 11.5 Å². The fraction of sp³-hybridized carbons (Fsp3) is 0.292. The number of halogens is 1. The predicted octanol–water partition coefficient (Wildman–Crippen LogP) is 5.31. The van der Waals surface area contributed by atoms with Crippen molar-refractivity contribution in [2.24, 2.45) is 0 Å². The van der Waals surface area contributed by atoms with Gasteiger partial charge in [-0.3, -0.25) is 19.3 Å². The van der Waals surface area contributed by atoms with E-state index in [1.165, 1.54) is 7.11 Å². The summed E-state index contributed by atoms with van der Waals surface area (Å²) in [7, 11) is 1.51. The molecule has 0 radical (unpaired) electrons. The molecule has 2 amide bonds. The summed E-state index contributed by atoms with van der Waals surface area (Å²) in [4.78, 5) is 37.9. The number of benzene rings is 2. The van der Waals surface area contributed by atoms with E-state index < -0.39 is 23.7 Å². The zero-order valence-electron chi connectivity index (χ0n) is 18.3. The van der Waals surface area contributed by atoms with E-state index in [2.05, 4.69) is 0 Å². The molecule has 2 aromatic rings. The number of ether oxygens (including phenoxy) is 3. The molecule has 1 aliphatic heterocycles. The van der Waals surface area contributed by atoms with Crippen molar-refractivity contribution in [3.63, 3.8) is 0 Å². The molecule has 1 fully saturated rings. The lowest BCUT2D eigenvalue weighted by molar-refractivity contribution is -0.146. The molecule has 0 atom stereocenters. The van der Waals surface area contributed by atoms with Crippen LogP contribution in [0.15, 0.2) is 47.4 Å². The Morgan fingerprint density at radius 2 is 1.94 bits per heavy atom. The summed E-state index contributed by atoms with van der Waals surface area (Å²) in [6.45, 7) is 2.11. The lowest BCUT2D eigenvalue weighted by atomic mass is 10.1. The van der Waals surface area contributed by atoms with Crippen LogP contribution < -0.4 is 9.47 Å². The van der Waals surface area contributed by atoms with Crippen LogP contribution in [0.1, 0.15) is 30.9 Å². The molecular formula is C24H24ClNO6S. The first-order chi connectivity index (χ1) is 15.9. The zero-order chi connectivity index (χ0) is 23.8. The van der Waals surface area contributed by atoms with Gasteiger partial charge in [-0.05, 0) is 48.0 Å². The van der Waals surface area contributed by atoms with Gasteiger partial charge < -0.3 is 14.2 Å². The fourth-order valence-electron chi connectivity index (χ4n) is 2.96. The molecule has 1 aliphatic rings. The van der Waals surface area contributed by atoms with Crippen LogP contribution in [0.3, 0.4) is 0 Å². The van der Waals surface area contributed by atoms with E-state index in [1.807, 2.05) is 25.1 Å². The summed E-state index contributed by atoms with van der Waals surface area (Å²) in [6, 6.07) is 12.6. The first-order valence-electron chi connectivity index (χ1n) is 10.4. The Hall–Kier alpha value is -2.97. The number of methoxy groups -OCH3 is 1. The SMILES string of the molecule is CCCCOC(=O)CN1C(=O)S/C(=C/c2ccc(OCc3ccccc3Cl)c(OC)c2)C1=O. The quantitative estimate of drug-likeness (QED) is 0.254. The topological polar surface area (TPSA) is 82.1 Å². The number of rotatable bonds is 10. The Bertz CT molecular complexity index is 1070. The van der Waals surface area contributed by atoms with Gasteiger partial charge in [0.15, 0.2) is 11.5 Å². The highest BCUT2D eigenvalue weighted by atomic mass is 35.5. The number of esters is 1. The Balaban J connectivity index is 1.68. The average Bonchev–Trinajstić information content (AvgIpc) is 3.06. The minimum absolute atomic E-state index is 0.216. The Kier molecular flexibility index (Phi) is 8.79. The number of amides is 2. The monoisotopic (exact) mass is 489 g/mol. The van der Waals surface area contributed by atoms with Crippen LogP contribution >= 0.6 is 23.4 Å². The first-order valence-corrected chi connectivity index (χ1v) is 11.6. The summed E-state index contributed by atoms with van der Waals surface area (Å²) in [6.07, 6.45) is 3.19. The molecule has 2 aromatic carbocycles. The molecule has 1 saturated heterocycles. The van der Waals surface area contributed by atoms with E-state index in [0.29, 0.717) is 22.1 Å². The number of carbonyl (C=O) groups is 3. The molecule has 3 rings (SSSR count). The van der Waals surface area contributed by atoms with Crippen molar-refractivity contribution in [3.05, 3.63) is 63.5 Å². The van der Waals surface area contributed by atoms with Gasteiger partial charge in [0.2, 0.25) is 0 Å². The van der Waals surface area contributed by atoms with Gasteiger partial charge in [-0.2, -0.15) is 0 Å². The van der Waals surface area contributed by atoms with Crippen molar-refractivity contribution >= 4 is 46.6 Å². The van der Waals surface area contributed by atoms with Crippen molar-refractivity contribution in [2.45, 2.75) is 26.4 Å². The highest BCUT2D eigenvalue weighted by Crippen LogP contribution is 2.35. The van der Waals surface area contributed by atoms with E-state index in [1.54, 1.807) is 30.3 Å². The molecule has 0 saturated carbocycles. The summed E-state index contributed by atoms with van der Waals surface area (Å²) >= 11 is 6.95. The highest BCUT2D eigenvalue weighted by molar-refractivity contribution is 8.18. The lowest BCUT2D eigenvalue weighted by Crippen LogP contribution is -2.34. The van der Waals surface area contributed by atoms with Gasteiger partial charge >= 0.3 is 5.97 Å². The second kappa shape index (κ2) is 11.8. The Morgan fingerprint density at radius 1 is 1.15 bits per heavy atom. The second-order valence-electron chi connectivity index (χ2n) is 7.13. The van der Waals surface area contributed by atoms with Crippen molar-refractivity contribution < 1.29 is 28.6 Å². The number of unbranched alkanes of at least 4 members (excludes halogenated alkanes) is 1. The normalized spacial score (nSPS) is 14.6. The molecule has 0 N–H and O–H groups in total. The smallest absolute Gasteiger partial charge is 0.326 e. The number of hydrogen-bond donors (Lipinski definition) is 0. The van der Waals surface area contributed by atoms with Gasteiger partial charge in [-0.15, -0.1) is 0 Å². The third-order valence-corrected chi connectivity index (χ3v) is 6.02. The number of imide groups is 1. The van der Waals surface area contributed by atoms with E-state index in [-0.39, 0.29) is 18.1 Å². The lowest BCUT2D eigenvalue weighted by Gasteiger charge is -2.12. The fourth-order valence-corrected chi connectivity index (χ4v) is 3.99. The molecule has 0 unspecified atom stereocenters. The summed E-state index contributed by atoms with van der Waals surface area (Å²) in [5, 5.41) is 0.100. The summed E-state index contributed by atoms with van der Waals surface area (Å²) < 4.78 is 16.3. The minimum atomic E-state index is -0.603. The Labute approximate surface area is 201 Å². The van der Waals surface area contributed by atoms with Crippen LogP contribution in [-0.4, -0.2) is 42.3 Å². The number of hydrogen-bond acceptors (Lipinski definition) is 7. The van der Waals surface area contributed by atoms with Gasteiger partial charge in [-0.1, -0.05) is 49.2 Å². The predicted molar refractivity (Wildman–Crippen MR) is 127 cm³/mol. The summed E-state index contributed by atoms with van der Waals surface area (Å²) in [5.41, 5.74) is 1.49. The maximum atomic E-state index is 12.6. The van der Waals surface area contributed by atoms with Crippen molar-refractivity contribution in [1.82, 2.24) is 4.90 Å². The third-order valence-electron chi connectivity index (χ3n) is 4.75. The van der Waals surface area contributed by atoms with Gasteiger partial charge in [0.25, 0.3) is 11.1 Å². The first kappa shape index (κ1) is 24.7. The van der Waals surface area contributed by atoms with E-state index in [4.69, 9.17) is 25.8 Å². The van der Waals surface area contributed by atoms with Crippen LogP contribution in [0.4, 0.5) is 4.79 Å².